The minimum atomic E-state index is -0.519. The summed E-state index contributed by atoms with van der Waals surface area (Å²) in [6, 6.07) is 16.0. The highest BCUT2D eigenvalue weighted by Gasteiger charge is 2.18. The molecule has 2 N–H and O–H groups in total. The third-order valence-corrected chi connectivity index (χ3v) is 4.04. The number of nitrogens with one attached hydrogen (secondary N) is 2. The first-order chi connectivity index (χ1) is 12.8. The molecule has 0 radical (unpaired) electrons. The molecule has 0 aliphatic heterocycles. The van der Waals surface area contributed by atoms with Crippen LogP contribution < -0.4 is 10.6 Å². The number of ether oxygens (including phenoxy) is 1. The van der Waals surface area contributed by atoms with Gasteiger partial charge in [-0.25, -0.2) is 4.79 Å². The van der Waals surface area contributed by atoms with E-state index in [0.717, 1.165) is 28.8 Å². The molecular formula is C22H28N2O3. The van der Waals surface area contributed by atoms with E-state index >= 15 is 0 Å². The Morgan fingerprint density at radius 1 is 1.11 bits per heavy atom. The van der Waals surface area contributed by atoms with Gasteiger partial charge in [0.15, 0.2) is 0 Å². The summed E-state index contributed by atoms with van der Waals surface area (Å²) < 4.78 is 5.29. The van der Waals surface area contributed by atoms with Gasteiger partial charge in [0, 0.05) is 11.7 Å². The maximum absolute atomic E-state index is 11.9. The molecule has 1 unspecified atom stereocenters. The lowest BCUT2D eigenvalue weighted by Gasteiger charge is -2.22. The number of aryl methyl sites for hydroxylation is 1. The first-order valence-corrected chi connectivity index (χ1v) is 9.16. The first-order valence-electron chi connectivity index (χ1n) is 9.16. The third kappa shape index (κ3) is 6.77. The van der Waals surface area contributed by atoms with Crippen LogP contribution >= 0.6 is 0 Å². The second-order valence-electron chi connectivity index (χ2n) is 7.59. The molecule has 2 aromatic carbocycles. The van der Waals surface area contributed by atoms with Crippen molar-refractivity contribution in [1.82, 2.24) is 5.32 Å². The smallest absolute Gasteiger partial charge is 0.407 e. The standard InChI is InChI=1S/C22H28N2O3/c1-16(24-21(26)27-22(2,3)4)10-11-19-14-18(12-13-20(19)23-15-25)17-8-6-5-7-9-17/h5-9,12-16H,10-11H2,1-4H3,(H,23,25)(H,24,26). The molecule has 5 nitrogen and oxygen atoms in total. The van der Waals surface area contributed by atoms with Crippen molar-refractivity contribution in [3.05, 3.63) is 54.1 Å². The van der Waals surface area contributed by atoms with Crippen LogP contribution in [0, 0.1) is 0 Å². The summed E-state index contributed by atoms with van der Waals surface area (Å²) in [5.74, 6) is 0. The average molecular weight is 368 g/mol. The second-order valence-corrected chi connectivity index (χ2v) is 7.59. The molecule has 27 heavy (non-hydrogen) atoms. The van der Waals surface area contributed by atoms with E-state index < -0.39 is 11.7 Å². The predicted octanol–water partition coefficient (Wildman–Crippen LogP) is 4.77. The molecule has 0 aliphatic rings. The molecular weight excluding hydrogens is 340 g/mol. The zero-order valence-corrected chi connectivity index (χ0v) is 16.4. The second kappa shape index (κ2) is 9.21. The van der Waals surface area contributed by atoms with Gasteiger partial charge in [-0.2, -0.15) is 0 Å². The van der Waals surface area contributed by atoms with Crippen LogP contribution in [-0.2, 0) is 16.0 Å². The fourth-order valence-corrected chi connectivity index (χ4v) is 2.77. The SMILES string of the molecule is CC(CCc1cc(-c2ccccc2)ccc1NC=O)NC(=O)OC(C)(C)C. The molecule has 0 fully saturated rings. The normalized spacial score (nSPS) is 12.1. The van der Waals surface area contributed by atoms with Crippen LogP contribution in [0.3, 0.4) is 0 Å². The number of amides is 2. The monoisotopic (exact) mass is 368 g/mol. The van der Waals surface area contributed by atoms with E-state index in [4.69, 9.17) is 4.74 Å². The van der Waals surface area contributed by atoms with E-state index in [2.05, 4.69) is 28.8 Å². The van der Waals surface area contributed by atoms with Gasteiger partial charge in [0.2, 0.25) is 6.41 Å². The quantitative estimate of drug-likeness (QED) is 0.692. The average Bonchev–Trinajstić information content (AvgIpc) is 2.60. The first kappa shape index (κ1) is 20.5. The Hall–Kier alpha value is -2.82. The van der Waals surface area contributed by atoms with Crippen LogP contribution in [0.2, 0.25) is 0 Å². The summed E-state index contributed by atoms with van der Waals surface area (Å²) >= 11 is 0. The molecule has 0 spiro atoms. The lowest BCUT2D eigenvalue weighted by Crippen LogP contribution is -2.37. The van der Waals surface area contributed by atoms with Gasteiger partial charge in [-0.15, -0.1) is 0 Å². The van der Waals surface area contributed by atoms with Gasteiger partial charge < -0.3 is 15.4 Å². The van der Waals surface area contributed by atoms with Crippen molar-refractivity contribution in [2.45, 2.75) is 52.2 Å². The molecule has 0 aliphatic carbocycles. The Labute approximate surface area is 161 Å². The van der Waals surface area contributed by atoms with E-state index in [1.807, 2.05) is 58.0 Å². The largest absolute Gasteiger partial charge is 0.444 e. The van der Waals surface area contributed by atoms with E-state index in [1.165, 1.54) is 0 Å². The van der Waals surface area contributed by atoms with Crippen molar-refractivity contribution in [2.24, 2.45) is 0 Å². The van der Waals surface area contributed by atoms with E-state index in [9.17, 15) is 9.59 Å². The van der Waals surface area contributed by atoms with E-state index in [-0.39, 0.29) is 6.04 Å². The van der Waals surface area contributed by atoms with Crippen molar-refractivity contribution < 1.29 is 14.3 Å². The van der Waals surface area contributed by atoms with Crippen LogP contribution in [-0.4, -0.2) is 24.1 Å². The zero-order chi connectivity index (χ0) is 19.9. The fourth-order valence-electron chi connectivity index (χ4n) is 2.77. The molecule has 0 aromatic heterocycles. The Balaban J connectivity index is 2.07. The number of hydrogen-bond donors (Lipinski definition) is 2. The van der Waals surface area contributed by atoms with Crippen LogP contribution in [0.25, 0.3) is 11.1 Å². The molecule has 2 amide bonds. The van der Waals surface area contributed by atoms with Gasteiger partial charge in [0.25, 0.3) is 0 Å². The van der Waals surface area contributed by atoms with Gasteiger partial charge >= 0.3 is 6.09 Å². The Bertz CT molecular complexity index is 767. The zero-order valence-electron chi connectivity index (χ0n) is 16.4. The summed E-state index contributed by atoms with van der Waals surface area (Å²) in [4.78, 5) is 22.8. The highest BCUT2D eigenvalue weighted by Crippen LogP contribution is 2.26. The number of benzene rings is 2. The minimum absolute atomic E-state index is 0.0516. The highest BCUT2D eigenvalue weighted by molar-refractivity contribution is 5.76. The third-order valence-electron chi connectivity index (χ3n) is 4.04. The topological polar surface area (TPSA) is 67.4 Å². The van der Waals surface area contributed by atoms with Crippen molar-refractivity contribution in [2.75, 3.05) is 5.32 Å². The minimum Gasteiger partial charge on any atom is -0.444 e. The molecule has 0 saturated heterocycles. The van der Waals surface area contributed by atoms with E-state index in [1.54, 1.807) is 0 Å². The van der Waals surface area contributed by atoms with E-state index in [0.29, 0.717) is 12.8 Å². The summed E-state index contributed by atoms with van der Waals surface area (Å²) in [7, 11) is 0. The highest BCUT2D eigenvalue weighted by atomic mass is 16.6. The summed E-state index contributed by atoms with van der Waals surface area (Å²) in [5, 5.41) is 5.61. The maximum atomic E-state index is 11.9. The number of alkyl carbamates (subject to hydrolysis) is 1. The number of rotatable bonds is 7. The number of carbonyl (C=O) groups is 2. The summed E-state index contributed by atoms with van der Waals surface area (Å²) in [6.07, 6.45) is 1.71. The predicted molar refractivity (Wildman–Crippen MR) is 109 cm³/mol. The lowest BCUT2D eigenvalue weighted by molar-refractivity contribution is -0.105. The van der Waals surface area contributed by atoms with Crippen LogP contribution in [0.1, 0.15) is 39.7 Å². The van der Waals surface area contributed by atoms with Crippen molar-refractivity contribution >= 4 is 18.2 Å². The number of anilines is 1. The molecule has 2 rings (SSSR count). The Morgan fingerprint density at radius 3 is 2.44 bits per heavy atom. The van der Waals surface area contributed by atoms with Gasteiger partial charge in [-0.05, 0) is 69.4 Å². The van der Waals surface area contributed by atoms with Gasteiger partial charge in [-0.3, -0.25) is 4.79 Å². The number of hydrogen-bond acceptors (Lipinski definition) is 3. The van der Waals surface area contributed by atoms with Gasteiger partial charge in [0.05, 0.1) is 0 Å². The lowest BCUT2D eigenvalue weighted by atomic mass is 9.98. The molecule has 2 aromatic rings. The van der Waals surface area contributed by atoms with Crippen LogP contribution in [0.4, 0.5) is 10.5 Å². The molecule has 144 valence electrons. The van der Waals surface area contributed by atoms with Crippen molar-refractivity contribution in [1.29, 1.82) is 0 Å². The molecule has 5 heteroatoms. The molecule has 0 heterocycles. The van der Waals surface area contributed by atoms with Crippen molar-refractivity contribution in [3.8, 4) is 11.1 Å². The van der Waals surface area contributed by atoms with Crippen LogP contribution in [0.5, 0.6) is 0 Å². The van der Waals surface area contributed by atoms with Gasteiger partial charge in [-0.1, -0.05) is 36.4 Å². The maximum Gasteiger partial charge on any atom is 0.407 e. The van der Waals surface area contributed by atoms with Crippen LogP contribution in [0.15, 0.2) is 48.5 Å². The summed E-state index contributed by atoms with van der Waals surface area (Å²) in [6.45, 7) is 7.45. The molecule has 0 saturated carbocycles. The Kier molecular flexibility index (Phi) is 6.99. The molecule has 0 bridgehead atoms. The fraction of sp³-hybridized carbons (Fsp3) is 0.364. The number of carbonyl (C=O) groups excluding carboxylic acids is 2. The van der Waals surface area contributed by atoms with Crippen molar-refractivity contribution in [3.63, 3.8) is 0 Å². The molecule has 1 atom stereocenters. The summed E-state index contributed by atoms with van der Waals surface area (Å²) in [5.41, 5.74) is 3.51. The Morgan fingerprint density at radius 2 is 1.81 bits per heavy atom. The van der Waals surface area contributed by atoms with Gasteiger partial charge in [0.1, 0.15) is 5.60 Å².